The van der Waals surface area contributed by atoms with Crippen LogP contribution in [0.25, 0.3) is 0 Å². The van der Waals surface area contributed by atoms with Gasteiger partial charge in [-0.2, -0.15) is 0 Å². The van der Waals surface area contributed by atoms with Gasteiger partial charge in [0.05, 0.1) is 18.1 Å². The van der Waals surface area contributed by atoms with Gasteiger partial charge in [-0.05, 0) is 29.5 Å². The fourth-order valence-corrected chi connectivity index (χ4v) is 3.65. The standard InChI is InChI=1S/C17H19N5O2S/c1-25-17-16(22(23)24)12-20(10-14-4-2-6-18-8-14)13-21(17)11-15-5-3-7-19-9-15/h2-9H,10-13H2,1H3. The lowest BCUT2D eigenvalue weighted by Gasteiger charge is -2.36. The van der Waals surface area contributed by atoms with Crippen LogP contribution in [0.1, 0.15) is 11.1 Å². The SMILES string of the molecule is CSC1=C([N+](=O)[O-])CN(Cc2cccnc2)CN1Cc1cccnc1. The molecule has 0 atom stereocenters. The molecule has 7 nitrogen and oxygen atoms in total. The van der Waals surface area contributed by atoms with Crippen molar-refractivity contribution in [3.63, 3.8) is 0 Å². The highest BCUT2D eigenvalue weighted by Crippen LogP contribution is 2.29. The van der Waals surface area contributed by atoms with Crippen molar-refractivity contribution in [1.29, 1.82) is 0 Å². The van der Waals surface area contributed by atoms with Crippen LogP contribution < -0.4 is 0 Å². The van der Waals surface area contributed by atoms with Crippen molar-refractivity contribution < 1.29 is 4.92 Å². The average molecular weight is 357 g/mol. The number of nitrogens with zero attached hydrogens (tertiary/aromatic N) is 5. The monoisotopic (exact) mass is 357 g/mol. The van der Waals surface area contributed by atoms with Gasteiger partial charge in [0, 0.05) is 37.9 Å². The van der Waals surface area contributed by atoms with E-state index < -0.39 is 0 Å². The second kappa shape index (κ2) is 8.09. The number of hydrogen-bond acceptors (Lipinski definition) is 7. The second-order valence-corrected chi connectivity index (χ2v) is 6.56. The minimum Gasteiger partial charge on any atom is -0.344 e. The van der Waals surface area contributed by atoms with Crippen LogP contribution in [0.3, 0.4) is 0 Å². The molecule has 0 fully saturated rings. The van der Waals surface area contributed by atoms with E-state index in [1.54, 1.807) is 24.8 Å². The first-order chi connectivity index (χ1) is 12.2. The lowest BCUT2D eigenvalue weighted by molar-refractivity contribution is -0.431. The number of thioether (sulfide) groups is 1. The highest BCUT2D eigenvalue weighted by Gasteiger charge is 2.32. The molecule has 3 heterocycles. The van der Waals surface area contributed by atoms with Gasteiger partial charge in [-0.25, -0.2) is 0 Å². The Balaban J connectivity index is 1.85. The zero-order chi connectivity index (χ0) is 17.6. The molecule has 0 amide bonds. The maximum Gasteiger partial charge on any atom is 0.289 e. The lowest BCUT2D eigenvalue weighted by Crippen LogP contribution is -2.43. The van der Waals surface area contributed by atoms with E-state index in [2.05, 4.69) is 14.9 Å². The average Bonchev–Trinajstić information content (AvgIpc) is 2.63. The third-order valence-electron chi connectivity index (χ3n) is 3.92. The Bertz CT molecular complexity index is 754. The van der Waals surface area contributed by atoms with Crippen LogP contribution in [0.15, 0.2) is 59.8 Å². The van der Waals surface area contributed by atoms with Crippen molar-refractivity contribution in [3.05, 3.63) is 81.0 Å². The van der Waals surface area contributed by atoms with Crippen LogP contribution in [0, 0.1) is 10.1 Å². The molecule has 1 aliphatic rings. The van der Waals surface area contributed by atoms with E-state index in [1.807, 2.05) is 35.4 Å². The molecule has 130 valence electrons. The molecule has 0 unspecified atom stereocenters. The van der Waals surface area contributed by atoms with Crippen molar-refractivity contribution in [2.75, 3.05) is 19.5 Å². The maximum absolute atomic E-state index is 11.6. The molecule has 2 aromatic rings. The Morgan fingerprint density at radius 3 is 2.32 bits per heavy atom. The van der Waals surface area contributed by atoms with E-state index in [-0.39, 0.29) is 10.6 Å². The smallest absolute Gasteiger partial charge is 0.289 e. The van der Waals surface area contributed by atoms with E-state index >= 15 is 0 Å². The van der Waals surface area contributed by atoms with Crippen molar-refractivity contribution >= 4 is 11.8 Å². The summed E-state index contributed by atoms with van der Waals surface area (Å²) in [6.45, 7) is 2.15. The minimum absolute atomic E-state index is 0.242. The summed E-state index contributed by atoms with van der Waals surface area (Å²) in [5, 5.41) is 12.3. The first-order valence-corrected chi connectivity index (χ1v) is 9.06. The fraction of sp³-hybridized carbons (Fsp3) is 0.294. The third kappa shape index (κ3) is 4.34. The Hall–Kier alpha value is -2.45. The van der Waals surface area contributed by atoms with Crippen LogP contribution >= 0.6 is 11.8 Å². The first kappa shape index (κ1) is 17.4. The molecule has 0 aliphatic carbocycles. The van der Waals surface area contributed by atoms with Gasteiger partial charge < -0.3 is 4.90 Å². The Morgan fingerprint density at radius 1 is 1.16 bits per heavy atom. The molecule has 1 aliphatic heterocycles. The van der Waals surface area contributed by atoms with Crippen LogP contribution in [0.2, 0.25) is 0 Å². The molecule has 2 aromatic heterocycles. The Morgan fingerprint density at radius 2 is 1.80 bits per heavy atom. The minimum atomic E-state index is -0.266. The van der Waals surface area contributed by atoms with E-state index in [4.69, 9.17) is 0 Å². The normalized spacial score (nSPS) is 15.5. The first-order valence-electron chi connectivity index (χ1n) is 7.84. The highest BCUT2D eigenvalue weighted by molar-refractivity contribution is 8.02. The summed E-state index contributed by atoms with van der Waals surface area (Å²) >= 11 is 1.42. The van der Waals surface area contributed by atoms with E-state index in [0.29, 0.717) is 26.3 Å². The number of hydrogen-bond donors (Lipinski definition) is 0. The topological polar surface area (TPSA) is 75.4 Å². The summed E-state index contributed by atoms with van der Waals surface area (Å²) in [6.07, 6.45) is 8.92. The van der Waals surface area contributed by atoms with Gasteiger partial charge >= 0.3 is 0 Å². The second-order valence-electron chi connectivity index (χ2n) is 5.76. The Labute approximate surface area is 150 Å². The zero-order valence-corrected chi connectivity index (χ0v) is 14.7. The van der Waals surface area contributed by atoms with Crippen LogP contribution in [-0.4, -0.2) is 44.2 Å². The van der Waals surface area contributed by atoms with Gasteiger partial charge in [-0.15, -0.1) is 11.8 Å². The summed E-state index contributed by atoms with van der Waals surface area (Å²) in [5.41, 5.74) is 2.31. The Kier molecular flexibility index (Phi) is 5.62. The summed E-state index contributed by atoms with van der Waals surface area (Å²) in [6, 6.07) is 7.72. The predicted molar refractivity (Wildman–Crippen MR) is 96.8 cm³/mol. The molecule has 0 aromatic carbocycles. The molecule has 3 rings (SSSR count). The molecule has 0 saturated heterocycles. The summed E-state index contributed by atoms with van der Waals surface area (Å²) in [4.78, 5) is 23.7. The number of pyridine rings is 2. The summed E-state index contributed by atoms with van der Waals surface area (Å²) < 4.78 is 0. The quantitative estimate of drug-likeness (QED) is 0.581. The fourth-order valence-electron chi connectivity index (χ4n) is 2.89. The zero-order valence-electron chi connectivity index (χ0n) is 13.9. The van der Waals surface area contributed by atoms with Crippen LogP contribution in [0.4, 0.5) is 0 Å². The lowest BCUT2D eigenvalue weighted by atomic mass is 10.2. The molecule has 8 heteroatoms. The molecule has 0 N–H and O–H groups in total. The van der Waals surface area contributed by atoms with Crippen molar-refractivity contribution in [2.45, 2.75) is 13.1 Å². The van der Waals surface area contributed by atoms with Crippen LogP contribution in [-0.2, 0) is 13.1 Å². The molecular weight excluding hydrogens is 338 g/mol. The number of aromatic nitrogens is 2. The van der Waals surface area contributed by atoms with Gasteiger partial charge in [-0.3, -0.25) is 25.0 Å². The third-order valence-corrected chi connectivity index (χ3v) is 4.80. The van der Waals surface area contributed by atoms with Crippen LogP contribution in [0.5, 0.6) is 0 Å². The summed E-state index contributed by atoms with van der Waals surface area (Å²) in [5.74, 6) is 0. The summed E-state index contributed by atoms with van der Waals surface area (Å²) in [7, 11) is 0. The van der Waals surface area contributed by atoms with Gasteiger partial charge in [0.15, 0.2) is 0 Å². The van der Waals surface area contributed by atoms with Crippen molar-refractivity contribution in [2.24, 2.45) is 0 Å². The largest absolute Gasteiger partial charge is 0.344 e. The molecule has 0 bridgehead atoms. The van der Waals surface area contributed by atoms with E-state index in [0.717, 1.165) is 16.2 Å². The molecule has 0 spiro atoms. The highest BCUT2D eigenvalue weighted by atomic mass is 32.2. The van der Waals surface area contributed by atoms with Gasteiger partial charge in [0.25, 0.3) is 5.70 Å². The molecule has 0 saturated carbocycles. The molecule has 25 heavy (non-hydrogen) atoms. The van der Waals surface area contributed by atoms with Crippen molar-refractivity contribution in [1.82, 2.24) is 19.8 Å². The number of rotatable bonds is 6. The van der Waals surface area contributed by atoms with E-state index in [1.165, 1.54) is 11.8 Å². The van der Waals surface area contributed by atoms with Crippen molar-refractivity contribution in [3.8, 4) is 0 Å². The van der Waals surface area contributed by atoms with E-state index in [9.17, 15) is 10.1 Å². The van der Waals surface area contributed by atoms with Gasteiger partial charge in [0.1, 0.15) is 5.03 Å². The number of nitro groups is 1. The molecule has 0 radical (unpaired) electrons. The van der Waals surface area contributed by atoms with Gasteiger partial charge in [-0.1, -0.05) is 12.1 Å². The van der Waals surface area contributed by atoms with Gasteiger partial charge in [0.2, 0.25) is 0 Å². The molecular formula is C17H19N5O2S. The maximum atomic E-state index is 11.6. The predicted octanol–water partition coefficient (Wildman–Crippen LogP) is 2.56.